The van der Waals surface area contributed by atoms with Crippen molar-refractivity contribution in [1.29, 1.82) is 0 Å². The van der Waals surface area contributed by atoms with Gasteiger partial charge in [-0.05, 0) is 42.8 Å². The van der Waals surface area contributed by atoms with Crippen molar-refractivity contribution in [3.05, 3.63) is 65.7 Å². The number of hydrogen-bond acceptors (Lipinski definition) is 3. The Kier molecular flexibility index (Phi) is 6.32. The van der Waals surface area contributed by atoms with Crippen molar-refractivity contribution >= 4 is 17.5 Å². The summed E-state index contributed by atoms with van der Waals surface area (Å²) < 4.78 is 4.93. The summed E-state index contributed by atoms with van der Waals surface area (Å²) in [5, 5.41) is 5.61. The zero-order valence-corrected chi connectivity index (χ0v) is 13.0. The predicted octanol–water partition coefficient (Wildman–Crippen LogP) is 2.71. The van der Waals surface area contributed by atoms with Gasteiger partial charge in [0.05, 0.1) is 0 Å². The van der Waals surface area contributed by atoms with Crippen LogP contribution in [0.5, 0.6) is 0 Å². The lowest BCUT2D eigenvalue weighted by atomic mass is 10.1. The molecule has 0 saturated carbocycles. The molecule has 5 nitrogen and oxygen atoms in total. The van der Waals surface area contributed by atoms with Gasteiger partial charge in [0.1, 0.15) is 0 Å². The minimum atomic E-state index is -0.178. The number of rotatable bonds is 7. The summed E-state index contributed by atoms with van der Waals surface area (Å²) in [5.74, 6) is -0.315. The number of benzene rings is 2. The lowest BCUT2D eigenvalue weighted by Gasteiger charge is -2.07. The van der Waals surface area contributed by atoms with E-state index in [-0.39, 0.29) is 11.8 Å². The topological polar surface area (TPSA) is 67.4 Å². The maximum atomic E-state index is 12.0. The first-order valence-corrected chi connectivity index (χ1v) is 7.44. The molecule has 0 saturated heterocycles. The van der Waals surface area contributed by atoms with E-state index < -0.39 is 0 Å². The second-order valence-corrected chi connectivity index (χ2v) is 5.00. The minimum Gasteiger partial charge on any atom is -0.385 e. The molecule has 0 aliphatic carbocycles. The van der Waals surface area contributed by atoms with Crippen LogP contribution in [0.2, 0.25) is 0 Å². The average Bonchev–Trinajstić information content (AvgIpc) is 2.60. The Hall–Kier alpha value is -2.66. The number of hydrogen-bond donors (Lipinski definition) is 2. The lowest BCUT2D eigenvalue weighted by Crippen LogP contribution is -2.25. The number of anilines is 1. The normalized spacial score (nSPS) is 10.1. The molecule has 0 fully saturated rings. The monoisotopic (exact) mass is 312 g/mol. The molecule has 0 radical (unpaired) electrons. The van der Waals surface area contributed by atoms with Crippen LogP contribution in [0.3, 0.4) is 0 Å². The van der Waals surface area contributed by atoms with E-state index in [4.69, 9.17) is 4.74 Å². The first kappa shape index (κ1) is 16.7. The largest absolute Gasteiger partial charge is 0.385 e. The molecule has 0 aromatic heterocycles. The van der Waals surface area contributed by atoms with Gasteiger partial charge in [-0.25, -0.2) is 0 Å². The van der Waals surface area contributed by atoms with E-state index in [0.29, 0.717) is 30.0 Å². The van der Waals surface area contributed by atoms with Crippen LogP contribution >= 0.6 is 0 Å². The number of nitrogens with one attached hydrogen (secondary N) is 2. The summed E-state index contributed by atoms with van der Waals surface area (Å²) in [6.45, 7) is 1.18. The Morgan fingerprint density at radius 2 is 1.57 bits per heavy atom. The third-order valence-corrected chi connectivity index (χ3v) is 3.25. The molecule has 2 aromatic carbocycles. The number of ether oxygens (including phenoxy) is 1. The number of methoxy groups -OCH3 is 1. The molecule has 0 bridgehead atoms. The van der Waals surface area contributed by atoms with Crippen molar-refractivity contribution in [2.24, 2.45) is 0 Å². The highest BCUT2D eigenvalue weighted by Crippen LogP contribution is 2.11. The van der Waals surface area contributed by atoms with Gasteiger partial charge in [-0.15, -0.1) is 0 Å². The summed E-state index contributed by atoms with van der Waals surface area (Å²) in [5.41, 5.74) is 1.79. The molecule has 0 aliphatic heterocycles. The van der Waals surface area contributed by atoms with Crippen LogP contribution in [-0.4, -0.2) is 32.1 Å². The molecule has 2 amide bonds. The van der Waals surface area contributed by atoms with Crippen LogP contribution in [-0.2, 0) is 4.74 Å². The predicted molar refractivity (Wildman–Crippen MR) is 89.7 cm³/mol. The van der Waals surface area contributed by atoms with Crippen LogP contribution in [0.15, 0.2) is 54.6 Å². The van der Waals surface area contributed by atoms with Crippen molar-refractivity contribution < 1.29 is 14.3 Å². The molecular formula is C18H20N2O3. The quantitative estimate of drug-likeness (QED) is 0.773. The van der Waals surface area contributed by atoms with Crippen LogP contribution in [0.25, 0.3) is 0 Å². The van der Waals surface area contributed by atoms with Crippen molar-refractivity contribution in [1.82, 2.24) is 5.32 Å². The molecule has 5 heteroatoms. The van der Waals surface area contributed by atoms with Crippen LogP contribution < -0.4 is 10.6 Å². The van der Waals surface area contributed by atoms with Gasteiger partial charge in [-0.1, -0.05) is 18.2 Å². The fourth-order valence-corrected chi connectivity index (χ4v) is 2.02. The van der Waals surface area contributed by atoms with E-state index >= 15 is 0 Å². The standard InChI is InChI=1S/C18H20N2O3/c1-23-13-5-12-19-17(21)15-8-10-16(11-9-15)20-18(22)14-6-3-2-4-7-14/h2-4,6-11H,5,12-13H2,1H3,(H,19,21)(H,20,22). The Bertz CT molecular complexity index is 639. The van der Waals surface area contributed by atoms with Gasteiger partial charge in [0, 0.05) is 37.1 Å². The fraction of sp³-hybridized carbons (Fsp3) is 0.222. The zero-order chi connectivity index (χ0) is 16.5. The van der Waals surface area contributed by atoms with Crippen molar-refractivity contribution in [3.63, 3.8) is 0 Å². The average molecular weight is 312 g/mol. The third kappa shape index (κ3) is 5.23. The second kappa shape index (κ2) is 8.70. The smallest absolute Gasteiger partial charge is 0.255 e. The molecule has 0 spiro atoms. The summed E-state index contributed by atoms with van der Waals surface area (Å²) >= 11 is 0. The Labute approximate surface area is 135 Å². The molecule has 2 N–H and O–H groups in total. The molecule has 0 unspecified atom stereocenters. The Morgan fingerprint density at radius 1 is 0.913 bits per heavy atom. The SMILES string of the molecule is COCCCNC(=O)c1ccc(NC(=O)c2ccccc2)cc1. The van der Waals surface area contributed by atoms with Crippen LogP contribution in [0, 0.1) is 0 Å². The van der Waals surface area contributed by atoms with E-state index in [9.17, 15) is 9.59 Å². The molecule has 2 aromatic rings. The lowest BCUT2D eigenvalue weighted by molar-refractivity contribution is 0.0948. The van der Waals surface area contributed by atoms with Crippen LogP contribution in [0.1, 0.15) is 27.1 Å². The van der Waals surface area contributed by atoms with Gasteiger partial charge in [0.25, 0.3) is 11.8 Å². The van der Waals surface area contributed by atoms with Gasteiger partial charge in [0.15, 0.2) is 0 Å². The second-order valence-electron chi connectivity index (χ2n) is 5.00. The summed E-state index contributed by atoms with van der Waals surface area (Å²) in [6.07, 6.45) is 0.771. The Balaban J connectivity index is 1.89. The Morgan fingerprint density at radius 3 is 2.22 bits per heavy atom. The van der Waals surface area contributed by atoms with E-state index in [1.165, 1.54) is 0 Å². The number of carbonyl (C=O) groups excluding carboxylic acids is 2. The number of amides is 2. The summed E-state index contributed by atoms with van der Waals surface area (Å²) in [4.78, 5) is 24.0. The van der Waals surface area contributed by atoms with E-state index in [1.807, 2.05) is 18.2 Å². The van der Waals surface area contributed by atoms with Gasteiger partial charge < -0.3 is 15.4 Å². The fourth-order valence-electron chi connectivity index (χ4n) is 2.02. The van der Waals surface area contributed by atoms with E-state index in [0.717, 1.165) is 6.42 Å². The molecule has 0 heterocycles. The van der Waals surface area contributed by atoms with Gasteiger partial charge >= 0.3 is 0 Å². The molecule has 120 valence electrons. The van der Waals surface area contributed by atoms with Crippen molar-refractivity contribution in [2.75, 3.05) is 25.6 Å². The number of carbonyl (C=O) groups is 2. The molecular weight excluding hydrogens is 292 g/mol. The highest BCUT2D eigenvalue weighted by molar-refractivity contribution is 6.04. The maximum Gasteiger partial charge on any atom is 0.255 e. The summed E-state index contributed by atoms with van der Waals surface area (Å²) in [6, 6.07) is 15.8. The molecule has 0 aliphatic rings. The summed E-state index contributed by atoms with van der Waals surface area (Å²) in [7, 11) is 1.63. The minimum absolute atomic E-state index is 0.137. The molecule has 23 heavy (non-hydrogen) atoms. The van der Waals surface area contributed by atoms with E-state index in [2.05, 4.69) is 10.6 Å². The maximum absolute atomic E-state index is 12.0. The molecule has 2 rings (SSSR count). The van der Waals surface area contributed by atoms with Crippen LogP contribution in [0.4, 0.5) is 5.69 Å². The third-order valence-electron chi connectivity index (χ3n) is 3.25. The highest BCUT2D eigenvalue weighted by atomic mass is 16.5. The molecule has 0 atom stereocenters. The van der Waals surface area contributed by atoms with Gasteiger partial charge in [-0.3, -0.25) is 9.59 Å². The first-order valence-electron chi connectivity index (χ1n) is 7.44. The zero-order valence-electron chi connectivity index (χ0n) is 13.0. The van der Waals surface area contributed by atoms with Crippen molar-refractivity contribution in [3.8, 4) is 0 Å². The van der Waals surface area contributed by atoms with E-state index in [1.54, 1.807) is 43.5 Å². The first-order chi connectivity index (χ1) is 11.2. The van der Waals surface area contributed by atoms with Gasteiger partial charge in [0.2, 0.25) is 0 Å². The van der Waals surface area contributed by atoms with Crippen molar-refractivity contribution in [2.45, 2.75) is 6.42 Å². The van der Waals surface area contributed by atoms with Gasteiger partial charge in [-0.2, -0.15) is 0 Å². The highest BCUT2D eigenvalue weighted by Gasteiger charge is 2.07.